The van der Waals surface area contributed by atoms with Crippen molar-refractivity contribution in [3.8, 4) is 11.5 Å². The fraction of sp³-hybridized carbons (Fsp3) is 0.571. The second kappa shape index (κ2) is 12.1. The van der Waals surface area contributed by atoms with Crippen LogP contribution >= 0.6 is 0 Å². The van der Waals surface area contributed by atoms with Crippen LogP contribution in [0, 0.1) is 0 Å². The van der Waals surface area contributed by atoms with E-state index in [0.29, 0.717) is 13.2 Å². The molecule has 2 heterocycles. The number of ether oxygens (including phenoxy) is 4. The Hall–Kier alpha value is -1.65. The lowest BCUT2D eigenvalue weighted by Crippen LogP contribution is -2.44. The molecule has 0 radical (unpaired) electrons. The molecule has 4 rings (SSSR count). The normalized spacial score (nSPS) is 19.4. The van der Waals surface area contributed by atoms with Gasteiger partial charge >= 0.3 is 0 Å². The van der Waals surface area contributed by atoms with Gasteiger partial charge in [-0.1, -0.05) is 36.4 Å². The Morgan fingerprint density at radius 2 is 1.09 bits per heavy atom. The Labute approximate surface area is 213 Å². The molecule has 2 aromatic rings. The first-order valence-electron chi connectivity index (χ1n) is 13.1. The van der Waals surface area contributed by atoms with Crippen LogP contribution in [0.4, 0.5) is 0 Å². The maximum Gasteiger partial charge on any atom is 0.173 e. The third-order valence-corrected chi connectivity index (χ3v) is 14.1. The molecule has 0 aromatic heterocycles. The highest BCUT2D eigenvalue weighted by Crippen LogP contribution is 2.28. The van der Waals surface area contributed by atoms with Crippen LogP contribution in [0.3, 0.4) is 0 Å². The molecule has 5 nitrogen and oxygen atoms in total. The summed E-state index contributed by atoms with van der Waals surface area (Å²) >= 11 is 0. The molecule has 2 aliphatic rings. The van der Waals surface area contributed by atoms with E-state index in [-0.39, 0.29) is 12.2 Å². The van der Waals surface area contributed by atoms with E-state index in [1.807, 2.05) is 0 Å². The summed E-state index contributed by atoms with van der Waals surface area (Å²) in [4.78, 5) is 0. The van der Waals surface area contributed by atoms with Gasteiger partial charge in [0.05, 0.1) is 13.2 Å². The van der Waals surface area contributed by atoms with Crippen molar-refractivity contribution in [2.75, 3.05) is 26.4 Å². The summed E-state index contributed by atoms with van der Waals surface area (Å²) in [6, 6.07) is 19.2. The first kappa shape index (κ1) is 26.4. The molecular weight excluding hydrogens is 472 g/mol. The van der Waals surface area contributed by atoms with E-state index in [9.17, 15) is 0 Å². The van der Waals surface area contributed by atoms with Crippen LogP contribution in [0.2, 0.25) is 38.3 Å². The fourth-order valence-corrected chi connectivity index (χ4v) is 13.5. The molecule has 7 heteroatoms. The van der Waals surface area contributed by atoms with E-state index >= 15 is 0 Å². The van der Waals surface area contributed by atoms with Gasteiger partial charge in [-0.05, 0) is 87.2 Å². The van der Waals surface area contributed by atoms with Gasteiger partial charge in [-0.2, -0.15) is 0 Å². The van der Waals surface area contributed by atoms with Crippen LogP contribution in [-0.4, -0.2) is 55.3 Å². The van der Waals surface area contributed by atoms with Crippen molar-refractivity contribution in [3.63, 3.8) is 0 Å². The first-order valence-corrected chi connectivity index (χ1v) is 19.4. The Bertz CT molecular complexity index is 865. The minimum atomic E-state index is -1.73. The summed E-state index contributed by atoms with van der Waals surface area (Å²) in [5, 5.41) is 0. The zero-order valence-electron chi connectivity index (χ0n) is 21.9. The van der Waals surface area contributed by atoms with Crippen LogP contribution in [0.15, 0.2) is 48.5 Å². The van der Waals surface area contributed by atoms with Crippen LogP contribution in [0.1, 0.15) is 24.0 Å². The third-order valence-electron chi connectivity index (χ3n) is 6.60. The van der Waals surface area contributed by atoms with Gasteiger partial charge in [0, 0.05) is 0 Å². The molecule has 2 atom stereocenters. The molecule has 0 aliphatic carbocycles. The number of aryl methyl sites for hydroxylation is 2. The van der Waals surface area contributed by atoms with Crippen LogP contribution < -0.4 is 9.47 Å². The number of para-hydroxylation sites is 2. The van der Waals surface area contributed by atoms with E-state index in [1.54, 1.807) is 0 Å². The molecule has 0 amide bonds. The van der Waals surface area contributed by atoms with Gasteiger partial charge < -0.3 is 23.1 Å². The Morgan fingerprint density at radius 3 is 1.49 bits per heavy atom. The molecule has 192 valence electrons. The van der Waals surface area contributed by atoms with Gasteiger partial charge in [0.2, 0.25) is 0 Å². The molecular formula is C28H42O5Si2. The minimum absolute atomic E-state index is 0.285. The molecule has 2 aliphatic heterocycles. The van der Waals surface area contributed by atoms with Crippen molar-refractivity contribution in [3.05, 3.63) is 59.7 Å². The van der Waals surface area contributed by atoms with Gasteiger partial charge in [0.25, 0.3) is 0 Å². The Morgan fingerprint density at radius 1 is 0.686 bits per heavy atom. The van der Waals surface area contributed by atoms with Gasteiger partial charge in [-0.25, -0.2) is 0 Å². The molecule has 0 bridgehead atoms. The number of epoxide rings is 2. The van der Waals surface area contributed by atoms with E-state index in [4.69, 9.17) is 23.1 Å². The molecule has 0 N–H and O–H groups in total. The van der Waals surface area contributed by atoms with Crippen molar-refractivity contribution in [2.45, 2.75) is 76.2 Å². The van der Waals surface area contributed by atoms with Crippen molar-refractivity contribution in [1.82, 2.24) is 0 Å². The molecule has 2 aromatic carbocycles. The van der Waals surface area contributed by atoms with E-state index in [0.717, 1.165) is 50.4 Å². The van der Waals surface area contributed by atoms with Crippen molar-refractivity contribution in [2.24, 2.45) is 0 Å². The number of benzene rings is 2. The average molecular weight is 515 g/mol. The van der Waals surface area contributed by atoms with Gasteiger partial charge in [-0.15, -0.1) is 0 Å². The average Bonchev–Trinajstić information content (AvgIpc) is 3.72. The topological polar surface area (TPSA) is 52.8 Å². The highest BCUT2D eigenvalue weighted by atomic mass is 28.4. The van der Waals surface area contributed by atoms with Crippen LogP contribution in [0.25, 0.3) is 0 Å². The lowest BCUT2D eigenvalue weighted by molar-refractivity contribution is 0.261. The quantitative estimate of drug-likeness (QED) is 0.196. The van der Waals surface area contributed by atoms with E-state index in [2.05, 4.69) is 74.7 Å². The van der Waals surface area contributed by atoms with Gasteiger partial charge in [0.1, 0.15) is 36.9 Å². The smallest absolute Gasteiger partial charge is 0.173 e. The fourth-order valence-electron chi connectivity index (χ4n) is 4.66. The zero-order valence-corrected chi connectivity index (χ0v) is 23.9. The molecule has 35 heavy (non-hydrogen) atoms. The lowest BCUT2D eigenvalue weighted by atomic mass is 10.1. The summed E-state index contributed by atoms with van der Waals surface area (Å²) in [5.74, 6) is 2.01. The van der Waals surface area contributed by atoms with Crippen molar-refractivity contribution >= 4 is 16.6 Å². The summed E-state index contributed by atoms with van der Waals surface area (Å²) < 4.78 is 29.5. The predicted octanol–water partition coefficient (Wildman–Crippen LogP) is 6.23. The molecule has 0 spiro atoms. The monoisotopic (exact) mass is 514 g/mol. The number of rotatable bonds is 16. The molecule has 0 saturated carbocycles. The van der Waals surface area contributed by atoms with Gasteiger partial charge in [0.15, 0.2) is 16.6 Å². The van der Waals surface area contributed by atoms with Gasteiger partial charge in [-0.3, -0.25) is 0 Å². The highest BCUT2D eigenvalue weighted by molar-refractivity contribution is 6.84. The second-order valence-corrected chi connectivity index (χ2v) is 19.9. The largest absolute Gasteiger partial charge is 0.491 e. The lowest BCUT2D eigenvalue weighted by Gasteiger charge is -2.34. The standard InChI is InChI=1S/C28H42O5Si2/c1-34(2,17-9-13-23-11-5-7-15-27(23)31-21-25-19-29-25)33-35(3,4)18-10-14-24-12-6-8-16-28(24)32-22-26-20-30-26/h5-8,11-12,15-16,25-26H,9-10,13-14,17-22H2,1-4H3. The maximum absolute atomic E-state index is 6.92. The van der Waals surface area contributed by atoms with Crippen molar-refractivity contribution < 1.29 is 23.1 Å². The summed E-state index contributed by atoms with van der Waals surface area (Å²) in [7, 11) is -3.47. The first-order chi connectivity index (χ1) is 16.8. The highest BCUT2D eigenvalue weighted by Gasteiger charge is 2.32. The Kier molecular flexibility index (Phi) is 9.10. The van der Waals surface area contributed by atoms with E-state index in [1.165, 1.54) is 23.2 Å². The summed E-state index contributed by atoms with van der Waals surface area (Å²) in [6.45, 7) is 12.5. The van der Waals surface area contributed by atoms with Crippen molar-refractivity contribution in [1.29, 1.82) is 0 Å². The second-order valence-electron chi connectivity index (χ2n) is 11.1. The molecule has 2 fully saturated rings. The van der Waals surface area contributed by atoms with E-state index < -0.39 is 16.6 Å². The van der Waals surface area contributed by atoms with Crippen LogP contribution in [-0.2, 0) is 26.4 Å². The summed E-state index contributed by atoms with van der Waals surface area (Å²) in [6.07, 6.45) is 4.92. The summed E-state index contributed by atoms with van der Waals surface area (Å²) in [5.41, 5.74) is 2.59. The SMILES string of the molecule is C[Si](C)(CCCc1ccccc1OCC1CO1)O[Si](C)(C)CCCc1ccccc1OCC1CO1. The predicted molar refractivity (Wildman–Crippen MR) is 146 cm³/mol. The minimum Gasteiger partial charge on any atom is -0.491 e. The molecule has 2 saturated heterocycles. The van der Waals surface area contributed by atoms with Crippen LogP contribution in [0.5, 0.6) is 11.5 Å². The number of hydrogen-bond acceptors (Lipinski definition) is 5. The zero-order chi connectivity index (χ0) is 24.7. The molecule has 2 unspecified atom stereocenters. The number of hydrogen-bond donors (Lipinski definition) is 0. The Balaban J connectivity index is 1.20. The maximum atomic E-state index is 6.92. The third kappa shape index (κ3) is 9.39.